The molecule has 0 aliphatic carbocycles. The monoisotopic (exact) mass is 277 g/mol. The second kappa shape index (κ2) is 6.48. The van der Waals surface area contributed by atoms with Gasteiger partial charge in [0.15, 0.2) is 9.84 Å². The molecule has 0 bridgehead atoms. The van der Waals surface area contributed by atoms with Crippen LogP contribution in [0, 0.1) is 6.92 Å². The predicted octanol–water partition coefficient (Wildman–Crippen LogP) is 3.49. The summed E-state index contributed by atoms with van der Waals surface area (Å²) in [4.78, 5) is 4.54. The number of hydrogen-bond donors (Lipinski definition) is 0. The van der Waals surface area contributed by atoms with Crippen molar-refractivity contribution in [2.45, 2.75) is 25.7 Å². The van der Waals surface area contributed by atoms with Crippen molar-refractivity contribution in [1.82, 2.24) is 4.98 Å². The number of sulfone groups is 1. The van der Waals surface area contributed by atoms with E-state index in [2.05, 4.69) is 4.98 Å². The maximum absolute atomic E-state index is 11.3. The van der Waals surface area contributed by atoms with Crippen molar-refractivity contribution in [2.75, 3.05) is 6.26 Å². The summed E-state index contributed by atoms with van der Waals surface area (Å²) >= 11 is 0. The van der Waals surface area contributed by atoms with Crippen molar-refractivity contribution in [3.8, 4) is 11.1 Å². The van der Waals surface area contributed by atoms with Gasteiger partial charge in [0.25, 0.3) is 0 Å². The first-order valence-corrected chi connectivity index (χ1v) is 8.10. The van der Waals surface area contributed by atoms with E-state index < -0.39 is 9.84 Å². The summed E-state index contributed by atoms with van der Waals surface area (Å²) in [5.41, 5.74) is 2.93. The standard InChI is InChI=1S/C13H13NO2S.C2H6/c1-10-13(4-3-9-14-10)11-5-7-12(8-6-11)17(2,15)16;1-2/h3-9H,1-2H3;1-2H3. The van der Waals surface area contributed by atoms with Crippen molar-refractivity contribution >= 4 is 9.84 Å². The second-order valence-electron chi connectivity index (χ2n) is 3.93. The molecule has 1 aromatic carbocycles. The molecule has 3 nitrogen and oxygen atoms in total. The van der Waals surface area contributed by atoms with Crippen LogP contribution in [-0.2, 0) is 9.84 Å². The third-order valence-electron chi connectivity index (χ3n) is 2.60. The summed E-state index contributed by atoms with van der Waals surface area (Å²) in [7, 11) is -3.13. The minimum Gasteiger partial charge on any atom is -0.261 e. The maximum Gasteiger partial charge on any atom is 0.175 e. The highest BCUT2D eigenvalue weighted by Crippen LogP contribution is 2.23. The largest absolute Gasteiger partial charge is 0.261 e. The SMILES string of the molecule is CC.Cc1ncccc1-c1ccc(S(C)(=O)=O)cc1. The lowest BCUT2D eigenvalue weighted by Gasteiger charge is -2.05. The summed E-state index contributed by atoms with van der Waals surface area (Å²) in [6.07, 6.45) is 2.95. The Kier molecular flexibility index (Phi) is 5.24. The highest BCUT2D eigenvalue weighted by molar-refractivity contribution is 7.90. The van der Waals surface area contributed by atoms with Crippen molar-refractivity contribution < 1.29 is 8.42 Å². The Morgan fingerprint density at radius 3 is 2.05 bits per heavy atom. The van der Waals surface area contributed by atoms with Crippen LogP contribution in [0.25, 0.3) is 11.1 Å². The van der Waals surface area contributed by atoms with Gasteiger partial charge in [-0.3, -0.25) is 4.98 Å². The van der Waals surface area contributed by atoms with E-state index >= 15 is 0 Å². The average Bonchev–Trinajstić information content (AvgIpc) is 2.41. The van der Waals surface area contributed by atoms with E-state index in [9.17, 15) is 8.42 Å². The summed E-state index contributed by atoms with van der Waals surface area (Å²) < 4.78 is 22.7. The molecule has 0 saturated heterocycles. The molecule has 0 amide bonds. The van der Waals surface area contributed by atoms with Gasteiger partial charge in [-0.1, -0.05) is 32.0 Å². The van der Waals surface area contributed by atoms with Gasteiger partial charge in [0.2, 0.25) is 0 Å². The molecule has 0 radical (unpaired) electrons. The molecule has 0 N–H and O–H groups in total. The van der Waals surface area contributed by atoms with Gasteiger partial charge < -0.3 is 0 Å². The first kappa shape index (κ1) is 15.4. The molecule has 2 aromatic rings. The van der Waals surface area contributed by atoms with Crippen molar-refractivity contribution in [2.24, 2.45) is 0 Å². The van der Waals surface area contributed by atoms with Crippen molar-refractivity contribution in [3.63, 3.8) is 0 Å². The van der Waals surface area contributed by atoms with Crippen LogP contribution in [0.5, 0.6) is 0 Å². The molecule has 0 spiro atoms. The van der Waals surface area contributed by atoms with Gasteiger partial charge in [-0.2, -0.15) is 0 Å². The molecule has 0 fully saturated rings. The lowest BCUT2D eigenvalue weighted by molar-refractivity contribution is 0.602. The van der Waals surface area contributed by atoms with E-state index in [1.54, 1.807) is 30.5 Å². The fraction of sp³-hybridized carbons (Fsp3) is 0.267. The van der Waals surface area contributed by atoms with Crippen LogP contribution in [0.3, 0.4) is 0 Å². The number of aromatic nitrogens is 1. The first-order chi connectivity index (χ1) is 8.98. The van der Waals surface area contributed by atoms with E-state index in [1.807, 2.05) is 32.9 Å². The molecule has 4 heteroatoms. The Morgan fingerprint density at radius 2 is 1.58 bits per heavy atom. The van der Waals surface area contributed by atoms with Gasteiger partial charge in [-0.05, 0) is 30.7 Å². The maximum atomic E-state index is 11.3. The molecule has 0 unspecified atom stereocenters. The molecule has 2 rings (SSSR count). The zero-order valence-electron chi connectivity index (χ0n) is 11.7. The topological polar surface area (TPSA) is 47.0 Å². The van der Waals surface area contributed by atoms with Crippen LogP contribution in [-0.4, -0.2) is 19.7 Å². The average molecular weight is 277 g/mol. The molecule has 0 aliphatic rings. The quantitative estimate of drug-likeness (QED) is 0.844. The van der Waals surface area contributed by atoms with Crippen LogP contribution in [0.1, 0.15) is 19.5 Å². The smallest absolute Gasteiger partial charge is 0.175 e. The minimum absolute atomic E-state index is 0.336. The fourth-order valence-corrected chi connectivity index (χ4v) is 2.30. The van der Waals surface area contributed by atoms with E-state index in [0.29, 0.717) is 4.90 Å². The first-order valence-electron chi connectivity index (χ1n) is 6.20. The van der Waals surface area contributed by atoms with Gasteiger partial charge in [0, 0.05) is 23.7 Å². The molecule has 102 valence electrons. The number of benzene rings is 1. The summed E-state index contributed by atoms with van der Waals surface area (Å²) in [6.45, 7) is 5.93. The minimum atomic E-state index is -3.13. The molecular formula is C15H19NO2S. The Morgan fingerprint density at radius 1 is 1.00 bits per heavy atom. The van der Waals surface area contributed by atoms with Gasteiger partial charge in [-0.15, -0.1) is 0 Å². The zero-order valence-corrected chi connectivity index (χ0v) is 12.5. The van der Waals surface area contributed by atoms with Crippen LogP contribution in [0.15, 0.2) is 47.5 Å². The summed E-state index contributed by atoms with van der Waals surface area (Å²) in [5, 5.41) is 0. The van der Waals surface area contributed by atoms with Gasteiger partial charge in [-0.25, -0.2) is 8.42 Å². The number of rotatable bonds is 2. The van der Waals surface area contributed by atoms with Gasteiger partial charge in [0.1, 0.15) is 0 Å². The number of nitrogens with zero attached hydrogens (tertiary/aromatic N) is 1. The molecule has 1 aromatic heterocycles. The number of aryl methyl sites for hydroxylation is 1. The summed E-state index contributed by atoms with van der Waals surface area (Å²) in [6, 6.07) is 10.7. The van der Waals surface area contributed by atoms with Crippen LogP contribution < -0.4 is 0 Å². The summed E-state index contributed by atoms with van der Waals surface area (Å²) in [5.74, 6) is 0. The molecule has 0 saturated carbocycles. The van der Waals surface area contributed by atoms with Crippen molar-refractivity contribution in [1.29, 1.82) is 0 Å². The van der Waals surface area contributed by atoms with E-state index in [1.165, 1.54) is 6.26 Å². The van der Waals surface area contributed by atoms with Crippen LogP contribution >= 0.6 is 0 Å². The third kappa shape index (κ3) is 3.89. The number of pyridine rings is 1. The second-order valence-corrected chi connectivity index (χ2v) is 5.95. The Balaban J connectivity index is 0.000000861. The molecule has 0 aliphatic heterocycles. The molecule has 0 atom stereocenters. The normalized spacial score (nSPS) is 10.5. The van der Waals surface area contributed by atoms with Crippen LogP contribution in [0.4, 0.5) is 0 Å². The molecule has 1 heterocycles. The van der Waals surface area contributed by atoms with E-state index in [-0.39, 0.29) is 0 Å². The van der Waals surface area contributed by atoms with Crippen LogP contribution in [0.2, 0.25) is 0 Å². The van der Waals surface area contributed by atoms with Crippen molar-refractivity contribution in [3.05, 3.63) is 48.3 Å². The van der Waals surface area contributed by atoms with Gasteiger partial charge >= 0.3 is 0 Å². The molecule has 19 heavy (non-hydrogen) atoms. The highest BCUT2D eigenvalue weighted by Gasteiger charge is 2.07. The third-order valence-corrected chi connectivity index (χ3v) is 3.73. The lowest BCUT2D eigenvalue weighted by Crippen LogP contribution is -1.96. The van der Waals surface area contributed by atoms with Gasteiger partial charge in [0.05, 0.1) is 4.90 Å². The Bertz CT molecular complexity index is 631. The predicted molar refractivity (Wildman–Crippen MR) is 78.9 cm³/mol. The fourth-order valence-electron chi connectivity index (χ4n) is 1.67. The Labute approximate surface area is 115 Å². The van der Waals surface area contributed by atoms with E-state index in [0.717, 1.165) is 16.8 Å². The highest BCUT2D eigenvalue weighted by atomic mass is 32.2. The Hall–Kier alpha value is -1.68. The number of hydrogen-bond acceptors (Lipinski definition) is 3. The van der Waals surface area contributed by atoms with E-state index in [4.69, 9.17) is 0 Å². The zero-order chi connectivity index (χ0) is 14.5. The molecular weight excluding hydrogens is 258 g/mol. The lowest BCUT2D eigenvalue weighted by atomic mass is 10.1.